The van der Waals surface area contributed by atoms with Crippen LogP contribution in [0.2, 0.25) is 0 Å². The number of piperidine rings is 1. The van der Waals surface area contributed by atoms with E-state index in [-0.39, 0.29) is 11.5 Å². The first-order chi connectivity index (χ1) is 16.1. The van der Waals surface area contributed by atoms with Gasteiger partial charge in [0.15, 0.2) is 5.13 Å². The van der Waals surface area contributed by atoms with E-state index < -0.39 is 4.92 Å². The van der Waals surface area contributed by atoms with Gasteiger partial charge in [-0.3, -0.25) is 10.1 Å². The summed E-state index contributed by atoms with van der Waals surface area (Å²) in [5.74, 6) is 1.11. The molecule has 8 nitrogen and oxygen atoms in total. The normalized spacial score (nSPS) is 14.5. The maximum absolute atomic E-state index is 12.0. The van der Waals surface area contributed by atoms with E-state index in [0.717, 1.165) is 48.1 Å². The molecule has 0 unspecified atom stereocenters. The second kappa shape index (κ2) is 9.11. The Labute approximate surface area is 195 Å². The van der Waals surface area contributed by atoms with Gasteiger partial charge in [-0.15, -0.1) is 0 Å². The van der Waals surface area contributed by atoms with Gasteiger partial charge in [0.1, 0.15) is 6.33 Å². The number of hydrogen-bond acceptors (Lipinski definition) is 8. The second-order valence-corrected chi connectivity index (χ2v) is 9.37. The van der Waals surface area contributed by atoms with E-state index >= 15 is 0 Å². The van der Waals surface area contributed by atoms with E-state index in [1.54, 1.807) is 0 Å². The van der Waals surface area contributed by atoms with Crippen LogP contribution in [0, 0.1) is 23.0 Å². The van der Waals surface area contributed by atoms with Crippen LogP contribution in [0.5, 0.6) is 0 Å². The highest BCUT2D eigenvalue weighted by Gasteiger charge is 2.30. The average molecular weight is 461 g/mol. The molecule has 3 heterocycles. The smallest absolute Gasteiger partial charge is 0.351 e. The Hall–Kier alpha value is -3.59. The number of rotatable bonds is 6. The summed E-state index contributed by atoms with van der Waals surface area (Å²) < 4.78 is 1.02. The van der Waals surface area contributed by atoms with Gasteiger partial charge in [-0.1, -0.05) is 53.8 Å². The van der Waals surface area contributed by atoms with Crippen molar-refractivity contribution in [2.75, 3.05) is 23.3 Å². The fourth-order valence-electron chi connectivity index (χ4n) is 4.40. The number of nitrogens with one attached hydrogen (secondary N) is 1. The molecule has 1 fully saturated rings. The van der Waals surface area contributed by atoms with Gasteiger partial charge in [0.05, 0.1) is 15.1 Å². The summed E-state index contributed by atoms with van der Waals surface area (Å²) in [4.78, 5) is 26.8. The number of nitro groups is 1. The number of aryl methyl sites for hydroxylation is 1. The van der Waals surface area contributed by atoms with E-state index in [0.29, 0.717) is 16.9 Å². The third-order valence-corrected chi connectivity index (χ3v) is 7.05. The number of anilines is 3. The van der Waals surface area contributed by atoms with Gasteiger partial charge in [0.2, 0.25) is 11.6 Å². The predicted molar refractivity (Wildman–Crippen MR) is 131 cm³/mol. The molecular formula is C24H24N6O2S. The number of nitrogens with zero attached hydrogens (tertiary/aromatic N) is 5. The zero-order valence-corrected chi connectivity index (χ0v) is 19.1. The summed E-state index contributed by atoms with van der Waals surface area (Å²) >= 11 is 1.45. The molecule has 168 valence electrons. The second-order valence-electron chi connectivity index (χ2n) is 8.34. The SMILES string of the molecule is Cc1cccc2sc(Nc3ncnc(N4CCC(Cc5ccccc5)CC4)c3[N+](=O)[O-])nc12. The molecule has 0 atom stereocenters. The van der Waals surface area contributed by atoms with Crippen molar-refractivity contribution < 1.29 is 4.92 Å². The van der Waals surface area contributed by atoms with Crippen LogP contribution in [0.25, 0.3) is 10.2 Å². The summed E-state index contributed by atoms with van der Waals surface area (Å²) in [5.41, 5.74) is 3.19. The number of fused-ring (bicyclic) bond motifs is 1. The lowest BCUT2D eigenvalue weighted by molar-refractivity contribution is -0.383. The molecule has 0 bridgehead atoms. The van der Waals surface area contributed by atoms with Crippen LogP contribution in [0.1, 0.15) is 24.0 Å². The fraction of sp³-hybridized carbons (Fsp3) is 0.292. The van der Waals surface area contributed by atoms with Crippen molar-refractivity contribution in [3.8, 4) is 0 Å². The number of thiazole rings is 1. The molecule has 2 aromatic heterocycles. The zero-order chi connectivity index (χ0) is 22.8. The van der Waals surface area contributed by atoms with Crippen LogP contribution in [0.4, 0.5) is 22.5 Å². The molecular weight excluding hydrogens is 436 g/mol. The average Bonchev–Trinajstić information content (AvgIpc) is 3.24. The largest absolute Gasteiger partial charge is 0.353 e. The summed E-state index contributed by atoms with van der Waals surface area (Å²) in [6, 6.07) is 16.4. The number of para-hydroxylation sites is 1. The molecule has 4 aromatic rings. The molecule has 0 spiro atoms. The molecule has 1 saturated heterocycles. The quantitative estimate of drug-likeness (QED) is 0.299. The van der Waals surface area contributed by atoms with Gasteiger partial charge in [-0.25, -0.2) is 15.0 Å². The summed E-state index contributed by atoms with van der Waals surface area (Å²) in [7, 11) is 0. The standard InChI is InChI=1S/C24H24N6O2S/c1-16-6-5-9-19-20(16)27-24(33-19)28-22-21(30(31)32)23(26-15-25-22)29-12-10-18(11-13-29)14-17-7-3-2-4-8-17/h2-9,15,18H,10-14H2,1H3,(H,25,26,27,28). The van der Waals surface area contributed by atoms with Gasteiger partial charge in [-0.2, -0.15) is 0 Å². The third-order valence-electron chi connectivity index (χ3n) is 6.11. The molecule has 0 saturated carbocycles. The first kappa shape index (κ1) is 21.3. The summed E-state index contributed by atoms with van der Waals surface area (Å²) in [6.45, 7) is 3.46. The van der Waals surface area contributed by atoms with E-state index in [1.807, 2.05) is 36.1 Å². The maximum Gasteiger partial charge on any atom is 0.353 e. The summed E-state index contributed by atoms with van der Waals surface area (Å²) in [5, 5.41) is 15.7. The molecule has 1 N–H and O–H groups in total. The predicted octanol–water partition coefficient (Wildman–Crippen LogP) is 5.51. The van der Waals surface area contributed by atoms with Gasteiger partial charge in [-0.05, 0) is 49.3 Å². The van der Waals surface area contributed by atoms with Crippen LogP contribution >= 0.6 is 11.3 Å². The van der Waals surface area contributed by atoms with Crippen molar-refractivity contribution >= 4 is 44.0 Å². The molecule has 33 heavy (non-hydrogen) atoms. The lowest BCUT2D eigenvalue weighted by Crippen LogP contribution is -2.35. The molecule has 1 aliphatic rings. The van der Waals surface area contributed by atoms with E-state index in [1.165, 1.54) is 23.2 Å². The fourth-order valence-corrected chi connectivity index (χ4v) is 5.34. The Kier molecular flexibility index (Phi) is 5.87. The van der Waals surface area contributed by atoms with Gasteiger partial charge in [0, 0.05) is 13.1 Å². The van der Waals surface area contributed by atoms with Crippen molar-refractivity contribution in [1.29, 1.82) is 0 Å². The van der Waals surface area contributed by atoms with Gasteiger partial charge >= 0.3 is 5.69 Å². The molecule has 0 radical (unpaired) electrons. The highest BCUT2D eigenvalue weighted by atomic mass is 32.1. The van der Waals surface area contributed by atoms with Gasteiger partial charge < -0.3 is 10.2 Å². The first-order valence-electron chi connectivity index (χ1n) is 11.0. The van der Waals surface area contributed by atoms with E-state index in [9.17, 15) is 10.1 Å². The monoisotopic (exact) mass is 460 g/mol. The summed E-state index contributed by atoms with van der Waals surface area (Å²) in [6.07, 6.45) is 4.36. The molecule has 9 heteroatoms. The molecule has 2 aromatic carbocycles. The first-order valence-corrected chi connectivity index (χ1v) is 11.8. The lowest BCUT2D eigenvalue weighted by Gasteiger charge is -2.32. The Bertz CT molecular complexity index is 1280. The Morgan fingerprint density at radius 3 is 2.64 bits per heavy atom. The zero-order valence-electron chi connectivity index (χ0n) is 18.3. The van der Waals surface area contributed by atoms with Crippen LogP contribution in [0.3, 0.4) is 0 Å². The van der Waals surface area contributed by atoms with Crippen molar-refractivity contribution in [3.05, 3.63) is 76.1 Å². The topological polar surface area (TPSA) is 97.1 Å². The number of hydrogen-bond donors (Lipinski definition) is 1. The van der Waals surface area contributed by atoms with Crippen molar-refractivity contribution in [3.63, 3.8) is 0 Å². The van der Waals surface area contributed by atoms with E-state index in [4.69, 9.17) is 0 Å². The van der Waals surface area contributed by atoms with Crippen LogP contribution in [-0.4, -0.2) is 33.0 Å². The Morgan fingerprint density at radius 1 is 1.12 bits per heavy atom. The van der Waals surface area contributed by atoms with Crippen molar-refractivity contribution in [2.45, 2.75) is 26.2 Å². The molecule has 0 aliphatic carbocycles. The number of aromatic nitrogens is 3. The minimum Gasteiger partial charge on any atom is -0.351 e. The highest BCUT2D eigenvalue weighted by molar-refractivity contribution is 7.22. The number of benzene rings is 2. The lowest BCUT2D eigenvalue weighted by atomic mass is 9.90. The van der Waals surface area contributed by atoms with Crippen molar-refractivity contribution in [2.24, 2.45) is 5.92 Å². The maximum atomic E-state index is 12.0. The molecule has 0 amide bonds. The van der Waals surface area contributed by atoms with Gasteiger partial charge in [0.25, 0.3) is 0 Å². The van der Waals surface area contributed by atoms with Crippen LogP contribution in [-0.2, 0) is 6.42 Å². The van der Waals surface area contributed by atoms with Crippen LogP contribution < -0.4 is 10.2 Å². The molecule has 5 rings (SSSR count). The minimum atomic E-state index is -0.397. The Balaban J connectivity index is 1.36. The van der Waals surface area contributed by atoms with E-state index in [2.05, 4.69) is 44.5 Å². The Morgan fingerprint density at radius 2 is 1.91 bits per heavy atom. The minimum absolute atomic E-state index is 0.102. The molecule has 1 aliphatic heterocycles. The van der Waals surface area contributed by atoms with Crippen molar-refractivity contribution in [1.82, 2.24) is 15.0 Å². The third kappa shape index (κ3) is 4.49. The van der Waals surface area contributed by atoms with Crippen LogP contribution in [0.15, 0.2) is 54.9 Å². The highest BCUT2D eigenvalue weighted by Crippen LogP contribution is 2.37.